The highest BCUT2D eigenvalue weighted by atomic mass is 16.5. The van der Waals surface area contributed by atoms with Gasteiger partial charge >= 0.3 is 0 Å². The predicted molar refractivity (Wildman–Crippen MR) is 78.9 cm³/mol. The number of rotatable bonds is 3. The van der Waals surface area contributed by atoms with Crippen LogP contribution in [-0.4, -0.2) is 42.9 Å². The van der Waals surface area contributed by atoms with Gasteiger partial charge in [-0.3, -0.25) is 4.79 Å². The van der Waals surface area contributed by atoms with Crippen LogP contribution in [0.1, 0.15) is 30.0 Å². The lowest BCUT2D eigenvalue weighted by Crippen LogP contribution is -2.49. The molecule has 0 saturated carbocycles. The Morgan fingerprint density at radius 2 is 2.14 bits per heavy atom. The van der Waals surface area contributed by atoms with Gasteiger partial charge in [-0.15, -0.1) is 0 Å². The maximum absolute atomic E-state index is 12.4. The predicted octanol–water partition coefficient (Wildman–Crippen LogP) is 0.531. The minimum Gasteiger partial charge on any atom is -0.388 e. The zero-order valence-electron chi connectivity index (χ0n) is 12.1. The van der Waals surface area contributed by atoms with E-state index >= 15 is 0 Å². The maximum atomic E-state index is 12.4. The molecule has 1 aromatic carbocycles. The SMILES string of the molecule is O=C(NCC1(O)CCOCC1)C1NCCc2ccccc21. The summed E-state index contributed by atoms with van der Waals surface area (Å²) < 4.78 is 5.25. The van der Waals surface area contributed by atoms with Crippen molar-refractivity contribution in [3.63, 3.8) is 0 Å². The lowest BCUT2D eigenvalue weighted by molar-refractivity contribution is -0.126. The molecule has 0 bridgehead atoms. The zero-order chi connectivity index (χ0) is 14.7. The summed E-state index contributed by atoms with van der Waals surface area (Å²) in [6.45, 7) is 2.19. The van der Waals surface area contributed by atoms with Crippen molar-refractivity contribution < 1.29 is 14.6 Å². The molecule has 1 atom stereocenters. The van der Waals surface area contributed by atoms with E-state index < -0.39 is 5.60 Å². The Balaban J connectivity index is 1.64. The summed E-state index contributed by atoms with van der Waals surface area (Å²) in [7, 11) is 0. The second-order valence-electron chi connectivity index (χ2n) is 5.89. The Morgan fingerprint density at radius 3 is 2.95 bits per heavy atom. The summed E-state index contributed by atoms with van der Waals surface area (Å²) in [6, 6.07) is 7.71. The third-order valence-electron chi connectivity index (χ3n) is 4.39. The van der Waals surface area contributed by atoms with Crippen LogP contribution in [0.15, 0.2) is 24.3 Å². The van der Waals surface area contributed by atoms with Crippen LogP contribution >= 0.6 is 0 Å². The van der Waals surface area contributed by atoms with Crippen LogP contribution in [0, 0.1) is 0 Å². The molecule has 21 heavy (non-hydrogen) atoms. The number of hydrogen-bond acceptors (Lipinski definition) is 4. The summed E-state index contributed by atoms with van der Waals surface area (Å²) in [5, 5.41) is 16.6. The normalized spacial score (nSPS) is 24.1. The van der Waals surface area contributed by atoms with E-state index in [1.165, 1.54) is 5.56 Å². The molecular formula is C16H22N2O3. The summed E-state index contributed by atoms with van der Waals surface area (Å²) in [6.07, 6.45) is 2.09. The van der Waals surface area contributed by atoms with E-state index in [1.54, 1.807) is 0 Å². The van der Waals surface area contributed by atoms with Gasteiger partial charge in [-0.1, -0.05) is 24.3 Å². The number of amides is 1. The summed E-state index contributed by atoms with van der Waals surface area (Å²) in [4.78, 5) is 12.4. The number of ether oxygens (including phenoxy) is 1. The van der Waals surface area contributed by atoms with Crippen molar-refractivity contribution in [2.45, 2.75) is 30.9 Å². The van der Waals surface area contributed by atoms with E-state index in [2.05, 4.69) is 16.7 Å². The second-order valence-corrected chi connectivity index (χ2v) is 5.89. The van der Waals surface area contributed by atoms with Gasteiger partial charge in [-0.25, -0.2) is 0 Å². The van der Waals surface area contributed by atoms with Gasteiger partial charge in [0.05, 0.1) is 5.60 Å². The van der Waals surface area contributed by atoms with E-state index in [0.29, 0.717) is 26.1 Å². The lowest BCUT2D eigenvalue weighted by atomic mass is 9.92. The quantitative estimate of drug-likeness (QED) is 0.759. The van der Waals surface area contributed by atoms with Gasteiger partial charge in [0, 0.05) is 39.1 Å². The van der Waals surface area contributed by atoms with Gasteiger partial charge < -0.3 is 20.5 Å². The van der Waals surface area contributed by atoms with Crippen molar-refractivity contribution in [3.8, 4) is 0 Å². The average molecular weight is 290 g/mol. The van der Waals surface area contributed by atoms with Crippen molar-refractivity contribution in [1.82, 2.24) is 10.6 Å². The standard InChI is InChI=1S/C16H22N2O3/c19-15(18-11-16(20)6-9-21-10-7-16)14-13-4-2-1-3-12(13)5-8-17-14/h1-4,14,17,20H,5-11H2,(H,18,19). The van der Waals surface area contributed by atoms with Gasteiger partial charge in [0.25, 0.3) is 0 Å². The fraction of sp³-hybridized carbons (Fsp3) is 0.562. The van der Waals surface area contributed by atoms with E-state index in [-0.39, 0.29) is 18.5 Å². The molecule has 1 amide bonds. The fourth-order valence-corrected chi connectivity index (χ4v) is 3.02. The Bertz CT molecular complexity index is 512. The molecule has 1 saturated heterocycles. The first-order valence-electron chi connectivity index (χ1n) is 7.57. The Labute approximate surface area is 124 Å². The minimum absolute atomic E-state index is 0.0675. The molecule has 2 aliphatic rings. The van der Waals surface area contributed by atoms with Crippen molar-refractivity contribution in [3.05, 3.63) is 35.4 Å². The molecule has 0 spiro atoms. The van der Waals surface area contributed by atoms with Crippen LogP contribution in [0.3, 0.4) is 0 Å². The highest BCUT2D eigenvalue weighted by molar-refractivity contribution is 5.84. The molecule has 3 rings (SSSR count). The second kappa shape index (κ2) is 6.13. The number of carbonyl (C=O) groups excluding carboxylic acids is 1. The molecule has 1 aromatic rings. The summed E-state index contributed by atoms with van der Waals surface area (Å²) in [5.74, 6) is -0.0675. The number of carbonyl (C=O) groups is 1. The molecule has 3 N–H and O–H groups in total. The Morgan fingerprint density at radius 1 is 1.38 bits per heavy atom. The van der Waals surface area contributed by atoms with Crippen LogP contribution in [-0.2, 0) is 16.0 Å². The topological polar surface area (TPSA) is 70.6 Å². The summed E-state index contributed by atoms with van der Waals surface area (Å²) in [5.41, 5.74) is 1.43. The molecule has 5 heteroatoms. The molecular weight excluding hydrogens is 268 g/mol. The average Bonchev–Trinajstić information content (AvgIpc) is 2.53. The van der Waals surface area contributed by atoms with Crippen LogP contribution < -0.4 is 10.6 Å². The Hall–Kier alpha value is -1.43. The van der Waals surface area contributed by atoms with Crippen LogP contribution in [0.5, 0.6) is 0 Å². The molecule has 114 valence electrons. The molecule has 1 fully saturated rings. The van der Waals surface area contributed by atoms with E-state index in [9.17, 15) is 9.90 Å². The first kappa shape index (κ1) is 14.5. The monoisotopic (exact) mass is 290 g/mol. The van der Waals surface area contributed by atoms with Crippen molar-refractivity contribution in [2.24, 2.45) is 0 Å². The van der Waals surface area contributed by atoms with Gasteiger partial charge in [0.2, 0.25) is 5.91 Å². The molecule has 0 radical (unpaired) electrons. The highest BCUT2D eigenvalue weighted by Crippen LogP contribution is 2.24. The molecule has 2 aliphatic heterocycles. The largest absolute Gasteiger partial charge is 0.388 e. The summed E-state index contributed by atoms with van der Waals surface area (Å²) >= 11 is 0. The van der Waals surface area contributed by atoms with Crippen LogP contribution in [0.25, 0.3) is 0 Å². The molecule has 0 aliphatic carbocycles. The van der Waals surface area contributed by atoms with E-state index in [4.69, 9.17) is 4.74 Å². The number of hydrogen-bond donors (Lipinski definition) is 3. The van der Waals surface area contributed by atoms with Gasteiger partial charge in [-0.05, 0) is 17.5 Å². The van der Waals surface area contributed by atoms with Crippen LogP contribution in [0.4, 0.5) is 0 Å². The highest BCUT2D eigenvalue weighted by Gasteiger charge is 2.32. The van der Waals surface area contributed by atoms with Crippen LogP contribution in [0.2, 0.25) is 0 Å². The maximum Gasteiger partial charge on any atom is 0.241 e. The first-order chi connectivity index (χ1) is 10.2. The molecule has 1 unspecified atom stereocenters. The fourth-order valence-electron chi connectivity index (χ4n) is 3.02. The number of fused-ring (bicyclic) bond motifs is 1. The lowest BCUT2D eigenvalue weighted by Gasteiger charge is -2.33. The number of aliphatic hydroxyl groups is 1. The third-order valence-corrected chi connectivity index (χ3v) is 4.39. The van der Waals surface area contributed by atoms with E-state index in [0.717, 1.165) is 18.5 Å². The Kier molecular flexibility index (Phi) is 4.24. The number of nitrogens with one attached hydrogen (secondary N) is 2. The number of benzene rings is 1. The minimum atomic E-state index is -0.831. The van der Waals surface area contributed by atoms with Gasteiger partial charge in [0.1, 0.15) is 6.04 Å². The first-order valence-corrected chi connectivity index (χ1v) is 7.57. The van der Waals surface area contributed by atoms with E-state index in [1.807, 2.05) is 18.2 Å². The third kappa shape index (κ3) is 3.26. The molecule has 2 heterocycles. The van der Waals surface area contributed by atoms with Crippen molar-refractivity contribution in [2.75, 3.05) is 26.3 Å². The molecule has 5 nitrogen and oxygen atoms in total. The van der Waals surface area contributed by atoms with Gasteiger partial charge in [0.15, 0.2) is 0 Å². The van der Waals surface area contributed by atoms with Crippen molar-refractivity contribution >= 4 is 5.91 Å². The van der Waals surface area contributed by atoms with Crippen molar-refractivity contribution in [1.29, 1.82) is 0 Å². The zero-order valence-corrected chi connectivity index (χ0v) is 12.1. The molecule has 0 aromatic heterocycles. The van der Waals surface area contributed by atoms with Gasteiger partial charge in [-0.2, -0.15) is 0 Å². The smallest absolute Gasteiger partial charge is 0.241 e.